The van der Waals surface area contributed by atoms with Gasteiger partial charge >= 0.3 is 0 Å². The minimum atomic E-state index is -0.312. The molecule has 156 valence electrons. The third-order valence-electron chi connectivity index (χ3n) is 4.54. The highest BCUT2D eigenvalue weighted by atomic mass is 32.1. The van der Waals surface area contributed by atoms with Gasteiger partial charge in [-0.25, -0.2) is 9.97 Å². The van der Waals surface area contributed by atoms with Crippen LogP contribution in [0, 0.1) is 6.92 Å². The first kappa shape index (κ1) is 19.5. The quantitative estimate of drug-likeness (QED) is 0.470. The molecule has 10 heteroatoms. The summed E-state index contributed by atoms with van der Waals surface area (Å²) in [6, 6.07) is 10.9. The monoisotopic (exact) mass is 452 g/mol. The minimum absolute atomic E-state index is 0.0886. The van der Waals surface area contributed by atoms with Gasteiger partial charge in [-0.05, 0) is 42.8 Å². The van der Waals surface area contributed by atoms with E-state index in [2.05, 4.69) is 20.6 Å². The van der Waals surface area contributed by atoms with Crippen molar-refractivity contribution in [1.29, 1.82) is 0 Å². The zero-order chi connectivity index (χ0) is 21.4. The molecule has 0 radical (unpaired) electrons. The Bertz CT molecular complexity index is 1310. The van der Waals surface area contributed by atoms with Crippen LogP contribution >= 0.6 is 22.7 Å². The van der Waals surface area contributed by atoms with E-state index in [1.54, 1.807) is 23.6 Å². The van der Waals surface area contributed by atoms with Crippen molar-refractivity contribution in [2.75, 3.05) is 17.4 Å². The number of fused-ring (bicyclic) bond motifs is 2. The number of hydrogen-bond donors (Lipinski definition) is 2. The molecule has 0 unspecified atom stereocenters. The smallest absolute Gasteiger partial charge is 0.257 e. The Labute approximate surface area is 184 Å². The Morgan fingerprint density at radius 2 is 1.90 bits per heavy atom. The van der Waals surface area contributed by atoms with Crippen molar-refractivity contribution in [3.63, 3.8) is 0 Å². The molecule has 3 heterocycles. The highest BCUT2D eigenvalue weighted by molar-refractivity contribution is 7.22. The fourth-order valence-corrected chi connectivity index (χ4v) is 4.75. The van der Waals surface area contributed by atoms with Crippen LogP contribution in [0.4, 0.5) is 10.3 Å². The fraction of sp³-hybridized carbons (Fsp3) is 0.143. The largest absolute Gasteiger partial charge is 0.454 e. The highest BCUT2D eigenvalue weighted by Gasteiger charge is 2.17. The van der Waals surface area contributed by atoms with Crippen LogP contribution in [0.2, 0.25) is 0 Å². The SMILES string of the molecule is Cc1ccc2nc(NC(=O)Cc3csc(NC(=O)c4ccc5c(c4)OCO5)n3)sc2c1. The van der Waals surface area contributed by atoms with E-state index in [9.17, 15) is 9.59 Å². The number of anilines is 2. The topological polar surface area (TPSA) is 102 Å². The van der Waals surface area contributed by atoms with Gasteiger partial charge in [-0.1, -0.05) is 17.4 Å². The van der Waals surface area contributed by atoms with Gasteiger partial charge in [0.05, 0.1) is 22.3 Å². The van der Waals surface area contributed by atoms with E-state index in [-0.39, 0.29) is 25.0 Å². The summed E-state index contributed by atoms with van der Waals surface area (Å²) in [6.45, 7) is 2.16. The van der Waals surface area contributed by atoms with Crippen LogP contribution in [-0.4, -0.2) is 28.6 Å². The van der Waals surface area contributed by atoms with Crippen molar-refractivity contribution in [1.82, 2.24) is 9.97 Å². The number of thiazole rings is 2. The number of carbonyl (C=O) groups is 2. The van der Waals surface area contributed by atoms with Crippen molar-refractivity contribution in [2.45, 2.75) is 13.3 Å². The third kappa shape index (κ3) is 4.21. The molecule has 4 aromatic rings. The van der Waals surface area contributed by atoms with Gasteiger partial charge in [0.25, 0.3) is 5.91 Å². The minimum Gasteiger partial charge on any atom is -0.454 e. The summed E-state index contributed by atoms with van der Waals surface area (Å²) < 4.78 is 11.6. The number of nitrogens with one attached hydrogen (secondary N) is 2. The van der Waals surface area contributed by atoms with Crippen LogP contribution in [0.3, 0.4) is 0 Å². The Balaban J connectivity index is 1.21. The van der Waals surface area contributed by atoms with E-state index in [0.29, 0.717) is 33.0 Å². The van der Waals surface area contributed by atoms with Gasteiger partial charge in [0.2, 0.25) is 12.7 Å². The number of aryl methyl sites for hydroxylation is 1. The van der Waals surface area contributed by atoms with E-state index in [0.717, 1.165) is 15.8 Å². The van der Waals surface area contributed by atoms with Crippen LogP contribution in [0.25, 0.3) is 10.2 Å². The van der Waals surface area contributed by atoms with E-state index < -0.39 is 0 Å². The molecule has 2 aromatic heterocycles. The van der Waals surface area contributed by atoms with Crippen LogP contribution in [0.15, 0.2) is 41.8 Å². The first-order valence-corrected chi connectivity index (χ1v) is 11.1. The highest BCUT2D eigenvalue weighted by Crippen LogP contribution is 2.33. The summed E-state index contributed by atoms with van der Waals surface area (Å²) in [7, 11) is 0. The first-order valence-electron chi connectivity index (χ1n) is 9.36. The summed E-state index contributed by atoms with van der Waals surface area (Å²) in [5.74, 6) is 0.625. The lowest BCUT2D eigenvalue weighted by molar-refractivity contribution is -0.115. The van der Waals surface area contributed by atoms with Gasteiger partial charge in [0.15, 0.2) is 21.8 Å². The van der Waals surface area contributed by atoms with E-state index in [1.807, 2.05) is 25.1 Å². The number of aromatic nitrogens is 2. The van der Waals surface area contributed by atoms with Crippen molar-refractivity contribution in [3.8, 4) is 11.5 Å². The molecule has 2 amide bonds. The zero-order valence-corrected chi connectivity index (χ0v) is 17.9. The molecule has 0 saturated carbocycles. The molecule has 1 aliphatic heterocycles. The predicted octanol–water partition coefficient (Wildman–Crippen LogP) is 4.22. The summed E-state index contributed by atoms with van der Waals surface area (Å²) in [4.78, 5) is 33.6. The lowest BCUT2D eigenvalue weighted by Gasteiger charge is -2.03. The summed E-state index contributed by atoms with van der Waals surface area (Å²) in [6.07, 6.45) is 0.0886. The van der Waals surface area contributed by atoms with Gasteiger partial charge in [0.1, 0.15) is 0 Å². The molecular formula is C21H16N4O4S2. The number of nitrogens with zero attached hydrogens (tertiary/aromatic N) is 2. The van der Waals surface area contributed by atoms with Gasteiger partial charge in [-0.3, -0.25) is 14.9 Å². The number of amides is 2. The number of rotatable bonds is 5. The second kappa shape index (κ2) is 7.97. The average Bonchev–Trinajstić information content (AvgIpc) is 3.46. The third-order valence-corrected chi connectivity index (χ3v) is 6.28. The van der Waals surface area contributed by atoms with Crippen LogP contribution in [-0.2, 0) is 11.2 Å². The molecule has 0 bridgehead atoms. The number of benzene rings is 2. The number of hydrogen-bond acceptors (Lipinski definition) is 8. The molecule has 5 rings (SSSR count). The van der Waals surface area contributed by atoms with Crippen LogP contribution in [0.1, 0.15) is 21.6 Å². The first-order chi connectivity index (χ1) is 15.0. The molecular weight excluding hydrogens is 436 g/mol. The maximum Gasteiger partial charge on any atom is 0.257 e. The predicted molar refractivity (Wildman–Crippen MR) is 119 cm³/mol. The molecule has 0 fully saturated rings. The average molecular weight is 453 g/mol. The van der Waals surface area contributed by atoms with E-state index in [1.165, 1.54) is 22.7 Å². The van der Waals surface area contributed by atoms with E-state index in [4.69, 9.17) is 9.47 Å². The van der Waals surface area contributed by atoms with Gasteiger partial charge < -0.3 is 14.8 Å². The standard InChI is InChI=1S/C21H16N4O4S2/c1-11-2-4-14-17(6-11)31-21(23-14)24-18(26)8-13-9-30-20(22-13)25-19(27)12-3-5-15-16(7-12)29-10-28-15/h2-7,9H,8,10H2,1H3,(H,22,25,27)(H,23,24,26). The van der Waals surface area contributed by atoms with Gasteiger partial charge in [0, 0.05) is 10.9 Å². The Morgan fingerprint density at radius 1 is 1.03 bits per heavy atom. The second-order valence-electron chi connectivity index (χ2n) is 6.88. The van der Waals surface area contributed by atoms with Crippen molar-refractivity contribution in [2.24, 2.45) is 0 Å². The Kier molecular flexibility index (Phi) is 5.00. The summed E-state index contributed by atoms with van der Waals surface area (Å²) in [5, 5.41) is 8.28. The summed E-state index contributed by atoms with van der Waals surface area (Å²) in [5.41, 5.74) is 3.00. The van der Waals surface area contributed by atoms with Crippen molar-refractivity contribution in [3.05, 3.63) is 58.6 Å². The lowest BCUT2D eigenvalue weighted by atomic mass is 10.2. The molecule has 0 saturated heterocycles. The Morgan fingerprint density at radius 3 is 2.81 bits per heavy atom. The van der Waals surface area contributed by atoms with Crippen LogP contribution in [0.5, 0.6) is 11.5 Å². The lowest BCUT2D eigenvalue weighted by Crippen LogP contribution is -2.15. The second-order valence-corrected chi connectivity index (χ2v) is 8.77. The maximum absolute atomic E-state index is 12.5. The molecule has 0 spiro atoms. The van der Waals surface area contributed by atoms with Gasteiger partial charge in [-0.2, -0.15) is 0 Å². The van der Waals surface area contributed by atoms with E-state index >= 15 is 0 Å². The fourth-order valence-electron chi connectivity index (χ4n) is 3.07. The molecule has 2 aromatic carbocycles. The van der Waals surface area contributed by atoms with Crippen molar-refractivity contribution >= 4 is 55.0 Å². The molecule has 0 aliphatic carbocycles. The molecule has 0 atom stereocenters. The summed E-state index contributed by atoms with van der Waals surface area (Å²) >= 11 is 2.69. The molecule has 2 N–H and O–H groups in total. The Hall–Kier alpha value is -3.50. The van der Waals surface area contributed by atoms with Crippen LogP contribution < -0.4 is 20.1 Å². The molecule has 1 aliphatic rings. The normalized spacial score (nSPS) is 12.2. The maximum atomic E-state index is 12.5. The molecule has 8 nitrogen and oxygen atoms in total. The zero-order valence-electron chi connectivity index (χ0n) is 16.3. The van der Waals surface area contributed by atoms with Crippen molar-refractivity contribution < 1.29 is 19.1 Å². The molecule has 31 heavy (non-hydrogen) atoms. The number of carbonyl (C=O) groups excluding carboxylic acids is 2. The van der Waals surface area contributed by atoms with Gasteiger partial charge in [-0.15, -0.1) is 11.3 Å². The number of ether oxygens (including phenoxy) is 2.